The van der Waals surface area contributed by atoms with E-state index in [0.717, 1.165) is 29.9 Å². The summed E-state index contributed by atoms with van der Waals surface area (Å²) in [6.07, 6.45) is 3.01. The van der Waals surface area contributed by atoms with Crippen molar-refractivity contribution in [3.63, 3.8) is 0 Å². The van der Waals surface area contributed by atoms with Crippen LogP contribution in [0.3, 0.4) is 0 Å². The van der Waals surface area contributed by atoms with Crippen molar-refractivity contribution in [1.29, 1.82) is 0 Å². The fourth-order valence-electron chi connectivity index (χ4n) is 5.51. The largest absolute Gasteiger partial charge is 0.352 e. The lowest BCUT2D eigenvalue weighted by Gasteiger charge is -2.28. The Morgan fingerprint density at radius 3 is 2.51 bits per heavy atom. The van der Waals surface area contributed by atoms with E-state index in [2.05, 4.69) is 76.2 Å². The summed E-state index contributed by atoms with van der Waals surface area (Å²) in [5.41, 5.74) is 7.78. The molecule has 0 radical (unpaired) electrons. The minimum absolute atomic E-state index is 0.0201. The molecule has 0 aliphatic carbocycles. The van der Waals surface area contributed by atoms with Gasteiger partial charge in [0.1, 0.15) is 0 Å². The van der Waals surface area contributed by atoms with E-state index < -0.39 is 0 Å². The Kier molecular flexibility index (Phi) is 8.07. The Morgan fingerprint density at radius 2 is 1.77 bits per heavy atom. The van der Waals surface area contributed by atoms with Gasteiger partial charge >= 0.3 is 0 Å². The summed E-state index contributed by atoms with van der Waals surface area (Å²) in [5, 5.41) is 7.27. The van der Waals surface area contributed by atoms with Crippen molar-refractivity contribution in [1.82, 2.24) is 19.8 Å². The maximum absolute atomic E-state index is 13.0. The van der Waals surface area contributed by atoms with Gasteiger partial charge in [-0.15, -0.1) is 0 Å². The predicted octanol–water partition coefficient (Wildman–Crippen LogP) is 6.11. The van der Waals surface area contributed by atoms with Gasteiger partial charge in [0.05, 0.1) is 17.8 Å². The van der Waals surface area contributed by atoms with E-state index in [9.17, 15) is 4.79 Å². The van der Waals surface area contributed by atoms with Crippen molar-refractivity contribution in [2.45, 2.75) is 52.2 Å². The van der Waals surface area contributed by atoms with Gasteiger partial charge in [-0.05, 0) is 73.4 Å². The third-order valence-corrected chi connectivity index (χ3v) is 7.92. The van der Waals surface area contributed by atoms with E-state index in [1.807, 2.05) is 54.7 Å². The smallest absolute Gasteiger partial charge is 0.226 e. The van der Waals surface area contributed by atoms with Crippen LogP contribution >= 0.6 is 12.2 Å². The molecule has 1 amide bonds. The minimum atomic E-state index is -0.117. The zero-order chi connectivity index (χ0) is 27.4. The maximum atomic E-state index is 13.0. The van der Waals surface area contributed by atoms with Crippen LogP contribution in [0.4, 0.5) is 5.69 Å². The van der Waals surface area contributed by atoms with E-state index in [4.69, 9.17) is 12.2 Å². The maximum Gasteiger partial charge on any atom is 0.226 e. The van der Waals surface area contributed by atoms with Crippen LogP contribution in [0.1, 0.15) is 59.2 Å². The van der Waals surface area contributed by atoms with Crippen LogP contribution in [-0.4, -0.2) is 32.0 Å². The highest BCUT2D eigenvalue weighted by molar-refractivity contribution is 7.80. The number of carbonyl (C=O) groups excluding carboxylic acids is 1. The molecular formula is C32H35N5OS. The number of para-hydroxylation sites is 1. The molecule has 0 bridgehead atoms. The van der Waals surface area contributed by atoms with Gasteiger partial charge in [-0.25, -0.2) is 0 Å². The number of anilines is 1. The topological polar surface area (TPSA) is 62.2 Å². The highest BCUT2D eigenvalue weighted by Gasteiger charge is 2.41. The minimum Gasteiger partial charge on any atom is -0.352 e. The van der Waals surface area contributed by atoms with E-state index in [1.54, 1.807) is 0 Å². The average molecular weight is 538 g/mol. The first-order valence-electron chi connectivity index (χ1n) is 13.5. The molecule has 5 rings (SSSR count). The lowest BCUT2D eigenvalue weighted by atomic mass is 9.96. The third-order valence-electron chi connectivity index (χ3n) is 7.56. The summed E-state index contributed by atoms with van der Waals surface area (Å²) >= 11 is 5.85. The van der Waals surface area contributed by atoms with Crippen LogP contribution in [0.2, 0.25) is 0 Å². The number of hydrogen-bond acceptors (Lipinski definition) is 3. The number of pyridine rings is 1. The number of thiocarbonyl (C=S) groups is 1. The molecule has 0 unspecified atom stereocenters. The Bertz CT molecular complexity index is 1450. The van der Waals surface area contributed by atoms with Crippen LogP contribution in [0.15, 0.2) is 85.1 Å². The molecule has 1 saturated heterocycles. The zero-order valence-electron chi connectivity index (χ0n) is 22.7. The fourth-order valence-corrected chi connectivity index (χ4v) is 5.84. The first kappa shape index (κ1) is 26.6. The average Bonchev–Trinajstić information content (AvgIpc) is 3.43. The molecule has 2 atom stereocenters. The van der Waals surface area contributed by atoms with E-state index in [1.165, 1.54) is 22.5 Å². The zero-order valence-corrected chi connectivity index (χ0v) is 23.5. The monoisotopic (exact) mass is 537 g/mol. The number of carbonyl (C=O) groups is 1. The van der Waals surface area contributed by atoms with Crippen LogP contribution in [0.25, 0.3) is 0 Å². The summed E-state index contributed by atoms with van der Waals surface area (Å²) < 4.78 is 2.36. The number of aromatic nitrogens is 2. The van der Waals surface area contributed by atoms with Crippen molar-refractivity contribution in [2.24, 2.45) is 0 Å². The molecule has 1 fully saturated rings. The van der Waals surface area contributed by atoms with Gasteiger partial charge in [0.25, 0.3) is 0 Å². The Hall–Kier alpha value is -3.97. The van der Waals surface area contributed by atoms with E-state index in [-0.39, 0.29) is 18.0 Å². The first-order chi connectivity index (χ1) is 19.0. The number of nitrogens with zero attached hydrogens (tertiary/aromatic N) is 3. The Morgan fingerprint density at radius 1 is 1.03 bits per heavy atom. The van der Waals surface area contributed by atoms with Crippen molar-refractivity contribution >= 4 is 28.9 Å². The molecular weight excluding hydrogens is 502 g/mol. The van der Waals surface area contributed by atoms with Gasteiger partial charge in [-0.2, -0.15) is 0 Å². The summed E-state index contributed by atoms with van der Waals surface area (Å²) in [5.74, 6) is -0.0201. The number of hydrogen-bond donors (Lipinski definition) is 2. The summed E-state index contributed by atoms with van der Waals surface area (Å²) in [6.45, 7) is 7.72. The second kappa shape index (κ2) is 11.8. The number of rotatable bonds is 9. The summed E-state index contributed by atoms with van der Waals surface area (Å²) in [4.78, 5) is 19.9. The molecule has 39 heavy (non-hydrogen) atoms. The molecule has 2 N–H and O–H groups in total. The SMILES string of the molecule is CCc1ccccc1NC(=O)CCN1C(=S)N[C@@H](c2ccccn2)[C@@H]1c1cc(C)n(Cc2ccccc2)c1C. The Labute approximate surface area is 236 Å². The van der Waals surface area contributed by atoms with Gasteiger partial charge < -0.3 is 20.1 Å². The number of amides is 1. The van der Waals surface area contributed by atoms with Crippen LogP contribution in [-0.2, 0) is 17.8 Å². The van der Waals surface area contributed by atoms with Gasteiger partial charge in [0.15, 0.2) is 5.11 Å². The molecule has 200 valence electrons. The van der Waals surface area contributed by atoms with Crippen LogP contribution < -0.4 is 10.6 Å². The number of nitrogens with one attached hydrogen (secondary N) is 2. The summed E-state index contributed by atoms with van der Waals surface area (Å²) in [6, 6.07) is 26.5. The second-order valence-electron chi connectivity index (χ2n) is 10.0. The van der Waals surface area contributed by atoms with Crippen LogP contribution in [0.5, 0.6) is 0 Å². The molecule has 2 aromatic carbocycles. The standard InChI is InChI=1S/C32H35N5OS/c1-4-25-14-8-9-15-27(25)34-29(38)17-19-36-31(30(35-32(36)39)28-16-10-11-18-33-28)26-20-22(2)37(23(26)3)21-24-12-6-5-7-13-24/h5-16,18,20,30-31H,4,17,19,21H2,1-3H3,(H,34,38)(H,35,39)/t30-,31-/m0/s1. The molecule has 2 aromatic heterocycles. The molecule has 4 aromatic rings. The van der Waals surface area contributed by atoms with Crippen LogP contribution in [0, 0.1) is 13.8 Å². The molecule has 6 nitrogen and oxygen atoms in total. The molecule has 1 aliphatic heterocycles. The second-order valence-corrected chi connectivity index (χ2v) is 10.4. The van der Waals surface area contributed by atoms with Crippen molar-refractivity contribution in [2.75, 3.05) is 11.9 Å². The van der Waals surface area contributed by atoms with Gasteiger partial charge in [-0.1, -0.05) is 61.5 Å². The number of aryl methyl sites for hydroxylation is 2. The number of benzene rings is 2. The van der Waals surface area contributed by atoms with Gasteiger partial charge in [0.2, 0.25) is 5.91 Å². The third kappa shape index (κ3) is 5.73. The van der Waals surface area contributed by atoms with Crippen molar-refractivity contribution < 1.29 is 4.79 Å². The molecule has 1 aliphatic rings. The highest BCUT2D eigenvalue weighted by Crippen LogP contribution is 2.41. The Balaban J connectivity index is 1.43. The highest BCUT2D eigenvalue weighted by atomic mass is 32.1. The fraction of sp³-hybridized carbons (Fsp3) is 0.281. The van der Waals surface area contributed by atoms with Gasteiger partial charge in [0, 0.05) is 42.8 Å². The lowest BCUT2D eigenvalue weighted by Crippen LogP contribution is -2.33. The predicted molar refractivity (Wildman–Crippen MR) is 161 cm³/mol. The normalized spacial score (nSPS) is 16.8. The lowest BCUT2D eigenvalue weighted by molar-refractivity contribution is -0.116. The van der Waals surface area contributed by atoms with E-state index in [0.29, 0.717) is 18.1 Å². The van der Waals surface area contributed by atoms with Gasteiger partial charge in [-0.3, -0.25) is 9.78 Å². The van der Waals surface area contributed by atoms with Crippen molar-refractivity contribution in [3.05, 3.63) is 119 Å². The van der Waals surface area contributed by atoms with Crippen molar-refractivity contribution in [3.8, 4) is 0 Å². The first-order valence-corrected chi connectivity index (χ1v) is 13.9. The molecule has 3 heterocycles. The molecule has 0 saturated carbocycles. The van der Waals surface area contributed by atoms with E-state index >= 15 is 0 Å². The molecule has 0 spiro atoms. The summed E-state index contributed by atoms with van der Waals surface area (Å²) in [7, 11) is 0. The quantitative estimate of drug-likeness (QED) is 0.252. The molecule has 7 heteroatoms.